The van der Waals surface area contributed by atoms with Crippen LogP contribution in [0.2, 0.25) is 0 Å². The summed E-state index contributed by atoms with van der Waals surface area (Å²) in [6, 6.07) is 11.0. The van der Waals surface area contributed by atoms with Crippen molar-refractivity contribution < 1.29 is 22.8 Å². The highest BCUT2D eigenvalue weighted by atomic mass is 19.4. The minimum Gasteiger partial charge on any atom is -0.306 e. The van der Waals surface area contributed by atoms with E-state index in [9.17, 15) is 22.8 Å². The van der Waals surface area contributed by atoms with Gasteiger partial charge in [0.25, 0.3) is 11.8 Å². The largest absolute Gasteiger partial charge is 0.416 e. The summed E-state index contributed by atoms with van der Waals surface area (Å²) in [4.78, 5) is 26.6. The molecule has 8 heteroatoms. The Hall–Kier alpha value is -3.16. The fraction of sp³-hybridized carbons (Fsp3) is 0.250. The average molecular weight is 387 g/mol. The number of fused-ring (bicyclic) bond motifs is 1. The molecule has 1 saturated carbocycles. The van der Waals surface area contributed by atoms with E-state index < -0.39 is 17.6 Å². The van der Waals surface area contributed by atoms with E-state index in [0.29, 0.717) is 18.0 Å². The number of alkyl halides is 3. The molecule has 1 aliphatic heterocycles. The Kier molecular flexibility index (Phi) is 4.41. The second kappa shape index (κ2) is 6.78. The Bertz CT molecular complexity index is 963. The fourth-order valence-corrected chi connectivity index (χ4v) is 3.09. The molecular weight excluding hydrogens is 371 g/mol. The molecule has 0 bridgehead atoms. The highest BCUT2D eigenvalue weighted by molar-refractivity contribution is 6.54. The lowest BCUT2D eigenvalue weighted by Crippen LogP contribution is -2.33. The van der Waals surface area contributed by atoms with Gasteiger partial charge in [0.05, 0.1) is 11.3 Å². The molecule has 2 aliphatic rings. The topological polar surface area (TPSA) is 61.8 Å². The van der Waals surface area contributed by atoms with Gasteiger partial charge in [0.15, 0.2) is 5.71 Å². The highest BCUT2D eigenvalue weighted by Crippen LogP contribution is 2.36. The van der Waals surface area contributed by atoms with Gasteiger partial charge in [-0.15, -0.1) is 0 Å². The second-order valence-electron chi connectivity index (χ2n) is 6.85. The van der Waals surface area contributed by atoms with Crippen molar-refractivity contribution in [1.82, 2.24) is 5.43 Å². The Morgan fingerprint density at radius 1 is 1.11 bits per heavy atom. The van der Waals surface area contributed by atoms with E-state index in [-0.39, 0.29) is 17.2 Å². The summed E-state index contributed by atoms with van der Waals surface area (Å²) in [5.74, 6) is -0.494. The zero-order valence-electron chi connectivity index (χ0n) is 14.7. The molecule has 2 amide bonds. The molecule has 1 fully saturated rings. The van der Waals surface area contributed by atoms with Crippen molar-refractivity contribution in [3.63, 3.8) is 0 Å². The van der Waals surface area contributed by atoms with E-state index in [4.69, 9.17) is 0 Å². The van der Waals surface area contributed by atoms with Crippen LogP contribution in [-0.2, 0) is 11.0 Å². The van der Waals surface area contributed by atoms with E-state index in [1.165, 1.54) is 0 Å². The molecule has 0 radical (unpaired) electrons. The summed E-state index contributed by atoms with van der Waals surface area (Å²) in [5, 5.41) is 3.97. The molecule has 0 atom stereocenters. The van der Waals surface area contributed by atoms with Crippen molar-refractivity contribution in [1.29, 1.82) is 0 Å². The lowest BCUT2D eigenvalue weighted by molar-refractivity contribution is -0.137. The maximum Gasteiger partial charge on any atom is 0.416 e. The van der Waals surface area contributed by atoms with E-state index >= 15 is 0 Å². The van der Waals surface area contributed by atoms with Gasteiger partial charge in [0, 0.05) is 17.7 Å². The molecule has 1 heterocycles. The smallest absolute Gasteiger partial charge is 0.306 e. The Morgan fingerprint density at radius 2 is 1.79 bits per heavy atom. The minimum absolute atomic E-state index is 0.0194. The van der Waals surface area contributed by atoms with E-state index in [1.54, 1.807) is 17.0 Å². The van der Waals surface area contributed by atoms with Gasteiger partial charge in [-0.25, -0.2) is 5.43 Å². The third-order valence-electron chi connectivity index (χ3n) is 4.78. The summed E-state index contributed by atoms with van der Waals surface area (Å²) in [6.07, 6.45) is -2.30. The quantitative estimate of drug-likeness (QED) is 0.815. The van der Waals surface area contributed by atoms with Crippen LogP contribution < -0.4 is 10.3 Å². The Morgan fingerprint density at radius 3 is 2.43 bits per heavy atom. The van der Waals surface area contributed by atoms with Crippen LogP contribution in [0.1, 0.15) is 34.3 Å². The van der Waals surface area contributed by atoms with Gasteiger partial charge in [-0.2, -0.15) is 18.3 Å². The molecule has 4 rings (SSSR count). The molecule has 0 aromatic heterocycles. The third-order valence-corrected chi connectivity index (χ3v) is 4.78. The Balaban J connectivity index is 1.54. The van der Waals surface area contributed by atoms with Crippen LogP contribution in [0.3, 0.4) is 0 Å². The number of para-hydroxylation sites is 1. The zero-order valence-corrected chi connectivity index (χ0v) is 14.7. The number of nitrogens with zero attached hydrogens (tertiary/aromatic N) is 2. The standard InChI is InChI=1S/C20H16F3N3O2/c21-20(22,23)14-9-7-13(8-10-14)18(27)25-24-17-15-3-1-2-4-16(15)26(19(17)28)11-12-5-6-12/h1-4,7-10,12H,5-6,11H2,(H,25,27). The summed E-state index contributed by atoms with van der Waals surface area (Å²) < 4.78 is 37.9. The molecule has 5 nitrogen and oxygen atoms in total. The molecule has 0 unspecified atom stereocenters. The molecule has 0 saturated heterocycles. The first-order valence-electron chi connectivity index (χ1n) is 8.81. The summed E-state index contributed by atoms with van der Waals surface area (Å²) in [7, 11) is 0. The fourth-order valence-electron chi connectivity index (χ4n) is 3.09. The van der Waals surface area contributed by atoms with Gasteiger partial charge in [0.1, 0.15) is 0 Å². The number of carbonyl (C=O) groups excluding carboxylic acids is 2. The first-order chi connectivity index (χ1) is 13.3. The number of benzene rings is 2. The number of hydrazone groups is 1. The number of halogens is 3. The summed E-state index contributed by atoms with van der Waals surface area (Å²) >= 11 is 0. The van der Waals surface area contributed by atoms with Crippen LogP contribution in [0.15, 0.2) is 53.6 Å². The van der Waals surface area contributed by atoms with Crippen LogP contribution >= 0.6 is 0 Å². The minimum atomic E-state index is -4.47. The summed E-state index contributed by atoms with van der Waals surface area (Å²) in [5.41, 5.74) is 2.96. The maximum atomic E-state index is 12.7. The van der Waals surface area contributed by atoms with Crippen molar-refractivity contribution in [2.75, 3.05) is 11.4 Å². The number of carbonyl (C=O) groups is 2. The molecule has 2 aromatic rings. The highest BCUT2D eigenvalue weighted by Gasteiger charge is 2.37. The molecule has 1 aliphatic carbocycles. The van der Waals surface area contributed by atoms with E-state index in [0.717, 1.165) is 42.8 Å². The van der Waals surface area contributed by atoms with E-state index in [2.05, 4.69) is 10.5 Å². The van der Waals surface area contributed by atoms with Crippen molar-refractivity contribution in [3.05, 3.63) is 65.2 Å². The predicted molar refractivity (Wildman–Crippen MR) is 97.0 cm³/mol. The van der Waals surface area contributed by atoms with Gasteiger partial charge < -0.3 is 4.90 Å². The predicted octanol–water partition coefficient (Wildman–Crippen LogP) is 3.60. The number of hydrogen-bond acceptors (Lipinski definition) is 3. The lowest BCUT2D eigenvalue weighted by atomic mass is 10.1. The first-order valence-corrected chi connectivity index (χ1v) is 8.81. The van der Waals surface area contributed by atoms with Gasteiger partial charge in [0.2, 0.25) is 0 Å². The third kappa shape index (κ3) is 3.49. The van der Waals surface area contributed by atoms with Crippen LogP contribution in [0.5, 0.6) is 0 Å². The normalized spacial score (nSPS) is 17.8. The van der Waals surface area contributed by atoms with Crippen LogP contribution in [0, 0.1) is 5.92 Å². The van der Waals surface area contributed by atoms with Gasteiger partial charge in [-0.05, 0) is 49.1 Å². The van der Waals surface area contributed by atoms with Crippen LogP contribution in [0.25, 0.3) is 0 Å². The van der Waals surface area contributed by atoms with Crippen molar-refractivity contribution >= 4 is 23.2 Å². The van der Waals surface area contributed by atoms with Gasteiger partial charge in [-0.1, -0.05) is 18.2 Å². The monoisotopic (exact) mass is 387 g/mol. The average Bonchev–Trinajstić information content (AvgIpc) is 3.45. The first kappa shape index (κ1) is 18.2. The molecule has 1 N–H and O–H groups in total. The molecule has 28 heavy (non-hydrogen) atoms. The SMILES string of the molecule is O=C(NN=C1C(=O)N(CC2CC2)c2ccccc21)c1ccc(C(F)(F)F)cc1. The van der Waals surface area contributed by atoms with Crippen molar-refractivity contribution in [3.8, 4) is 0 Å². The molecular formula is C20H16F3N3O2. The molecule has 144 valence electrons. The second-order valence-corrected chi connectivity index (χ2v) is 6.85. The van der Waals surface area contributed by atoms with E-state index in [1.807, 2.05) is 12.1 Å². The number of rotatable bonds is 4. The maximum absolute atomic E-state index is 12.7. The lowest BCUT2D eigenvalue weighted by Gasteiger charge is -2.15. The van der Waals surface area contributed by atoms with Gasteiger partial charge >= 0.3 is 6.18 Å². The molecule has 0 spiro atoms. The van der Waals surface area contributed by atoms with Crippen molar-refractivity contribution in [2.45, 2.75) is 19.0 Å². The number of anilines is 1. The zero-order chi connectivity index (χ0) is 19.9. The summed E-state index contributed by atoms with van der Waals surface area (Å²) in [6.45, 7) is 0.613. The number of amides is 2. The van der Waals surface area contributed by atoms with Gasteiger partial charge in [-0.3, -0.25) is 9.59 Å². The van der Waals surface area contributed by atoms with Crippen molar-refractivity contribution in [2.24, 2.45) is 11.0 Å². The Labute approximate surface area is 158 Å². The van der Waals surface area contributed by atoms with Crippen LogP contribution in [-0.4, -0.2) is 24.1 Å². The number of nitrogens with one attached hydrogen (secondary N) is 1. The molecule has 2 aromatic carbocycles. The van der Waals surface area contributed by atoms with Crippen LogP contribution in [0.4, 0.5) is 18.9 Å². The number of hydrogen-bond donors (Lipinski definition) is 1.